The van der Waals surface area contributed by atoms with E-state index >= 15 is 0 Å². The summed E-state index contributed by atoms with van der Waals surface area (Å²) in [5, 5.41) is 4.41. The Kier molecular flexibility index (Phi) is 7.62. The van der Waals surface area contributed by atoms with Gasteiger partial charge in [0.05, 0.1) is 16.3 Å². The summed E-state index contributed by atoms with van der Waals surface area (Å²) in [6.45, 7) is 2.92. The minimum absolute atomic E-state index is 0.253. The van der Waals surface area contributed by atoms with Crippen molar-refractivity contribution in [2.24, 2.45) is 0 Å². The highest BCUT2D eigenvalue weighted by Crippen LogP contribution is 2.28. The van der Waals surface area contributed by atoms with Crippen molar-refractivity contribution in [1.29, 1.82) is 0 Å². The first-order chi connectivity index (χ1) is 14.9. The predicted molar refractivity (Wildman–Crippen MR) is 118 cm³/mol. The summed E-state index contributed by atoms with van der Waals surface area (Å²) in [6.07, 6.45) is 7.69. The molecule has 8 nitrogen and oxygen atoms in total. The summed E-state index contributed by atoms with van der Waals surface area (Å²) in [4.78, 5) is 39.3. The van der Waals surface area contributed by atoms with Crippen LogP contribution in [0, 0.1) is 0 Å². The van der Waals surface area contributed by atoms with Crippen molar-refractivity contribution in [2.75, 3.05) is 19.3 Å². The van der Waals surface area contributed by atoms with Crippen molar-refractivity contribution < 1.29 is 23.3 Å². The number of benzene rings is 1. The molecule has 0 fully saturated rings. The first kappa shape index (κ1) is 22.7. The maximum atomic E-state index is 12.0. The number of carbonyl (C=O) groups is 3. The number of nitrogens with one attached hydrogen (secondary N) is 2. The Morgan fingerprint density at radius 3 is 2.52 bits per heavy atom. The highest BCUT2D eigenvalue weighted by atomic mass is 32.2. The number of aromatic amines is 1. The largest absolute Gasteiger partial charge is 0.412 e. The number of hydrogen-bond acceptors (Lipinski definition) is 5. The lowest BCUT2D eigenvalue weighted by molar-refractivity contribution is -0.136. The van der Waals surface area contributed by atoms with Crippen LogP contribution in [0.5, 0.6) is 5.75 Å². The van der Waals surface area contributed by atoms with Crippen molar-refractivity contribution in [3.05, 3.63) is 35.9 Å². The third kappa shape index (κ3) is 5.61. The third-order valence-corrected chi connectivity index (χ3v) is 6.09. The first-order valence-electron chi connectivity index (χ1n) is 10.4. The van der Waals surface area contributed by atoms with E-state index in [9.17, 15) is 18.6 Å². The number of aryl methyl sites for hydroxylation is 1. The SMILES string of the molecule is CCc1c([S@@](C)=O)[nH]c2cc(OC(=O)NCCCCCCN3C(=O)C=CC3=O)ccc12. The summed E-state index contributed by atoms with van der Waals surface area (Å²) in [7, 11) is -1.12. The molecule has 3 rings (SSSR count). The normalized spacial score (nSPS) is 14.5. The molecular formula is C22H27N3O5S. The van der Waals surface area contributed by atoms with Crippen LogP contribution >= 0.6 is 0 Å². The zero-order valence-corrected chi connectivity index (χ0v) is 18.5. The second kappa shape index (κ2) is 10.4. The minimum Gasteiger partial charge on any atom is -0.410 e. The van der Waals surface area contributed by atoms with E-state index in [1.807, 2.05) is 13.0 Å². The topological polar surface area (TPSA) is 109 Å². The number of imide groups is 1. The maximum absolute atomic E-state index is 12.0. The molecule has 0 saturated heterocycles. The fourth-order valence-electron chi connectivity index (χ4n) is 3.60. The summed E-state index contributed by atoms with van der Waals surface area (Å²) in [5.74, 6) is -0.0926. The maximum Gasteiger partial charge on any atom is 0.412 e. The summed E-state index contributed by atoms with van der Waals surface area (Å²) in [6, 6.07) is 5.34. The van der Waals surface area contributed by atoms with E-state index in [0.29, 0.717) is 23.9 Å². The smallest absolute Gasteiger partial charge is 0.410 e. The molecule has 1 aliphatic heterocycles. The van der Waals surface area contributed by atoms with Gasteiger partial charge in [-0.25, -0.2) is 4.79 Å². The highest BCUT2D eigenvalue weighted by Gasteiger charge is 2.22. The molecule has 1 aromatic carbocycles. The Labute approximate surface area is 183 Å². The second-order valence-corrected chi connectivity index (χ2v) is 8.66. The van der Waals surface area contributed by atoms with Crippen LogP contribution in [-0.2, 0) is 26.8 Å². The molecule has 0 radical (unpaired) electrons. The van der Waals surface area contributed by atoms with Crippen LogP contribution in [0.3, 0.4) is 0 Å². The number of unbranched alkanes of at least 4 members (excludes halogenated alkanes) is 3. The summed E-state index contributed by atoms with van der Waals surface area (Å²) in [5.41, 5.74) is 1.80. The van der Waals surface area contributed by atoms with E-state index in [0.717, 1.165) is 48.6 Å². The van der Waals surface area contributed by atoms with E-state index in [1.54, 1.807) is 18.4 Å². The molecule has 0 saturated carbocycles. The Hall–Kier alpha value is -2.94. The molecule has 0 aliphatic carbocycles. The van der Waals surface area contributed by atoms with Gasteiger partial charge in [-0.05, 0) is 37.0 Å². The molecule has 2 N–H and O–H groups in total. The van der Waals surface area contributed by atoms with E-state index in [-0.39, 0.29) is 11.8 Å². The third-order valence-electron chi connectivity index (χ3n) is 5.17. The average molecular weight is 446 g/mol. The quantitative estimate of drug-likeness (QED) is 0.432. The van der Waals surface area contributed by atoms with Crippen LogP contribution in [0.2, 0.25) is 0 Å². The Balaban J connectivity index is 1.38. The van der Waals surface area contributed by atoms with Crippen molar-refractivity contribution in [1.82, 2.24) is 15.2 Å². The van der Waals surface area contributed by atoms with Crippen molar-refractivity contribution in [3.63, 3.8) is 0 Å². The molecule has 2 aromatic rings. The number of nitrogens with zero attached hydrogens (tertiary/aromatic N) is 1. The lowest BCUT2D eigenvalue weighted by Crippen LogP contribution is -2.30. The van der Waals surface area contributed by atoms with Crippen LogP contribution in [-0.4, -0.2) is 51.3 Å². The van der Waals surface area contributed by atoms with E-state index in [4.69, 9.17) is 4.74 Å². The first-order valence-corrected chi connectivity index (χ1v) is 11.9. The van der Waals surface area contributed by atoms with Crippen molar-refractivity contribution in [2.45, 2.75) is 44.1 Å². The van der Waals surface area contributed by atoms with Gasteiger partial charge >= 0.3 is 6.09 Å². The lowest BCUT2D eigenvalue weighted by Gasteiger charge is -2.13. The molecule has 1 aliphatic rings. The molecule has 0 spiro atoms. The number of carbonyl (C=O) groups excluding carboxylic acids is 3. The molecule has 2 heterocycles. The zero-order valence-electron chi connectivity index (χ0n) is 17.7. The van der Waals surface area contributed by atoms with Crippen LogP contribution in [0.1, 0.15) is 38.2 Å². The van der Waals surface area contributed by atoms with Gasteiger partial charge in [-0.3, -0.25) is 18.7 Å². The van der Waals surface area contributed by atoms with Gasteiger partial charge in [-0.1, -0.05) is 19.8 Å². The molecule has 1 atom stereocenters. The number of H-pyrrole nitrogens is 1. The monoisotopic (exact) mass is 445 g/mol. The highest BCUT2D eigenvalue weighted by molar-refractivity contribution is 7.84. The van der Waals surface area contributed by atoms with E-state index < -0.39 is 16.9 Å². The van der Waals surface area contributed by atoms with Gasteiger partial charge in [0.2, 0.25) is 0 Å². The molecule has 1 aromatic heterocycles. The molecule has 166 valence electrons. The second-order valence-electron chi connectivity index (χ2n) is 7.34. The zero-order chi connectivity index (χ0) is 22.4. The average Bonchev–Trinajstić information content (AvgIpc) is 3.26. The van der Waals surface area contributed by atoms with Gasteiger partial charge in [0.15, 0.2) is 0 Å². The Bertz CT molecular complexity index is 1030. The number of rotatable bonds is 10. The standard InChI is InChI=1S/C22H27N3O5S/c1-3-16-17-9-8-15(14-18(17)24-21(16)31(2)29)30-22(28)23-12-6-4-5-7-13-25-19(26)10-11-20(25)27/h8-11,14,24H,3-7,12-13H2,1-2H3,(H,23,28)/t31-/m1/s1. The summed E-state index contributed by atoms with van der Waals surface area (Å²) >= 11 is 0. The number of fused-ring (bicyclic) bond motifs is 1. The van der Waals surface area contributed by atoms with Gasteiger partial charge in [0.25, 0.3) is 11.8 Å². The Morgan fingerprint density at radius 2 is 1.84 bits per heavy atom. The van der Waals surface area contributed by atoms with Crippen LogP contribution in [0.4, 0.5) is 4.79 Å². The van der Waals surface area contributed by atoms with Crippen LogP contribution < -0.4 is 10.1 Å². The fraction of sp³-hybridized carbons (Fsp3) is 0.409. The number of amides is 3. The van der Waals surface area contributed by atoms with Crippen LogP contribution in [0.25, 0.3) is 10.9 Å². The number of hydrogen-bond donors (Lipinski definition) is 2. The Morgan fingerprint density at radius 1 is 1.13 bits per heavy atom. The molecule has 3 amide bonds. The predicted octanol–water partition coefficient (Wildman–Crippen LogP) is 3.04. The van der Waals surface area contributed by atoms with Gasteiger partial charge in [-0.15, -0.1) is 0 Å². The minimum atomic E-state index is -1.12. The molecule has 0 bridgehead atoms. The van der Waals surface area contributed by atoms with Crippen molar-refractivity contribution in [3.8, 4) is 5.75 Å². The van der Waals surface area contributed by atoms with Gasteiger partial charge in [0.1, 0.15) is 10.8 Å². The number of aromatic nitrogens is 1. The lowest BCUT2D eigenvalue weighted by atomic mass is 10.1. The molecule has 0 unspecified atom stereocenters. The van der Waals surface area contributed by atoms with Gasteiger partial charge in [0, 0.05) is 42.9 Å². The fourth-order valence-corrected chi connectivity index (χ4v) is 4.46. The molecular weight excluding hydrogens is 418 g/mol. The van der Waals surface area contributed by atoms with Gasteiger partial charge in [-0.2, -0.15) is 0 Å². The van der Waals surface area contributed by atoms with Gasteiger partial charge < -0.3 is 15.0 Å². The van der Waals surface area contributed by atoms with Crippen LogP contribution in [0.15, 0.2) is 35.4 Å². The summed E-state index contributed by atoms with van der Waals surface area (Å²) < 4.78 is 17.3. The van der Waals surface area contributed by atoms with E-state index in [2.05, 4.69) is 10.3 Å². The molecule has 31 heavy (non-hydrogen) atoms. The van der Waals surface area contributed by atoms with E-state index in [1.165, 1.54) is 17.1 Å². The van der Waals surface area contributed by atoms with Crippen molar-refractivity contribution >= 4 is 39.6 Å². The molecule has 9 heteroatoms. The number of ether oxygens (including phenoxy) is 1.